The Balaban J connectivity index is 1.56. The van der Waals surface area contributed by atoms with Crippen molar-refractivity contribution in [2.75, 3.05) is 0 Å². The highest BCUT2D eigenvalue weighted by Crippen LogP contribution is 2.53. The topological polar surface area (TPSA) is 17.1 Å². The summed E-state index contributed by atoms with van der Waals surface area (Å²) in [5.41, 5.74) is 2.31. The van der Waals surface area contributed by atoms with E-state index < -0.39 is 7.14 Å². The molecule has 0 amide bonds. The molecule has 2 heteroatoms. The fourth-order valence-electron chi connectivity index (χ4n) is 8.39. The van der Waals surface area contributed by atoms with Gasteiger partial charge in [-0.3, -0.25) is 0 Å². The van der Waals surface area contributed by atoms with Gasteiger partial charge in [0.05, 0.1) is 0 Å². The van der Waals surface area contributed by atoms with Crippen molar-refractivity contribution in [3.05, 3.63) is 188 Å². The average Bonchev–Trinajstić information content (AvgIpc) is 3.19. The lowest BCUT2D eigenvalue weighted by Gasteiger charge is -2.28. The molecule has 0 aromatic heterocycles. The van der Waals surface area contributed by atoms with Crippen LogP contribution in [0.3, 0.4) is 0 Å². The Kier molecular flexibility index (Phi) is 6.53. The molecule has 0 radical (unpaired) electrons. The Morgan fingerprint density at radius 1 is 0.300 bits per heavy atom. The van der Waals surface area contributed by atoms with Crippen LogP contribution in [0.5, 0.6) is 0 Å². The first-order valence-electron chi connectivity index (χ1n) is 17.1. The molecular formula is C48H31OP. The minimum absolute atomic E-state index is 0.864. The third-order valence-electron chi connectivity index (χ3n) is 10.5. The lowest BCUT2D eigenvalue weighted by Crippen LogP contribution is -2.28. The quantitative estimate of drug-likeness (QED) is 0.105. The van der Waals surface area contributed by atoms with Gasteiger partial charge in [-0.05, 0) is 70.4 Å². The van der Waals surface area contributed by atoms with Gasteiger partial charge in [0.25, 0.3) is 0 Å². The van der Waals surface area contributed by atoms with Gasteiger partial charge in [0, 0.05) is 21.3 Å². The van der Waals surface area contributed by atoms with Gasteiger partial charge in [0.1, 0.15) is 0 Å². The van der Waals surface area contributed by atoms with Gasteiger partial charge in [0.2, 0.25) is 0 Å². The molecule has 0 N–H and O–H groups in total. The molecule has 0 atom stereocenters. The highest BCUT2D eigenvalue weighted by molar-refractivity contribution is 7.87. The number of rotatable bonds is 4. The molecule has 0 saturated heterocycles. The van der Waals surface area contributed by atoms with Crippen LogP contribution < -0.4 is 15.9 Å². The second-order valence-corrected chi connectivity index (χ2v) is 15.7. The van der Waals surface area contributed by atoms with Crippen LogP contribution in [-0.2, 0) is 4.57 Å². The van der Waals surface area contributed by atoms with E-state index in [1.165, 1.54) is 10.9 Å². The second kappa shape index (κ2) is 11.3. The molecule has 0 saturated carbocycles. The van der Waals surface area contributed by atoms with Gasteiger partial charge in [-0.25, -0.2) is 0 Å². The molecule has 10 aromatic carbocycles. The summed E-state index contributed by atoms with van der Waals surface area (Å²) in [4.78, 5) is 0. The standard InChI is InChI=1S/C48H31OP/c49-50(43-30-14-20-32-16-4-6-22-35(32)43,44-31-15-21-33-17-5-7-23-36(33)44)48-42-29-13-12-28-41(42)45(34-18-2-1-3-19-34)46-39-26-10-8-24-37(39)38-25-9-11-27-40(38)47(46)48/h1-31H. The fraction of sp³-hybridized carbons (Fsp3) is 0. The first kappa shape index (κ1) is 29.0. The SMILES string of the molecule is O=P(c1cccc2ccccc12)(c1cccc2ccccc12)c1c2ccccc2c(-c2ccccc2)c2c3ccccc3c3ccccc3c12. The Labute approximate surface area is 290 Å². The Morgan fingerprint density at radius 3 is 1.26 bits per heavy atom. The third kappa shape index (κ3) is 4.11. The van der Waals surface area contributed by atoms with Crippen molar-refractivity contribution in [1.29, 1.82) is 0 Å². The summed E-state index contributed by atoms with van der Waals surface area (Å²) in [5.74, 6) is 0. The molecule has 0 spiro atoms. The van der Waals surface area contributed by atoms with E-state index in [1.54, 1.807) is 0 Å². The Hall–Kier alpha value is -6.01. The minimum Gasteiger partial charge on any atom is -0.309 e. The van der Waals surface area contributed by atoms with Crippen LogP contribution >= 0.6 is 7.14 Å². The van der Waals surface area contributed by atoms with Crippen molar-refractivity contribution < 1.29 is 4.57 Å². The van der Waals surface area contributed by atoms with E-state index in [2.05, 4.69) is 188 Å². The van der Waals surface area contributed by atoms with Crippen molar-refractivity contribution in [2.45, 2.75) is 0 Å². The Morgan fingerprint density at radius 2 is 0.700 bits per heavy atom. The third-order valence-corrected chi connectivity index (χ3v) is 13.7. The van der Waals surface area contributed by atoms with Crippen LogP contribution in [0.2, 0.25) is 0 Å². The van der Waals surface area contributed by atoms with E-state index in [1.807, 2.05) is 0 Å². The molecule has 0 aliphatic heterocycles. The molecule has 0 fully saturated rings. The molecule has 0 aliphatic rings. The zero-order valence-electron chi connectivity index (χ0n) is 27.3. The summed E-state index contributed by atoms with van der Waals surface area (Å²) < 4.78 is 17.5. The number of hydrogen-bond donors (Lipinski definition) is 0. The summed E-state index contributed by atoms with van der Waals surface area (Å²) >= 11 is 0. The molecule has 10 rings (SSSR count). The van der Waals surface area contributed by atoms with Crippen molar-refractivity contribution in [3.8, 4) is 11.1 Å². The van der Waals surface area contributed by atoms with E-state index in [9.17, 15) is 0 Å². The zero-order chi connectivity index (χ0) is 33.2. The van der Waals surface area contributed by atoms with Gasteiger partial charge in [-0.15, -0.1) is 0 Å². The van der Waals surface area contributed by atoms with Crippen LogP contribution in [0, 0.1) is 0 Å². The molecule has 1 nitrogen and oxygen atoms in total. The van der Waals surface area contributed by atoms with E-state index in [4.69, 9.17) is 0 Å². The predicted molar refractivity (Wildman–Crippen MR) is 216 cm³/mol. The van der Waals surface area contributed by atoms with Crippen molar-refractivity contribution >= 4 is 87.7 Å². The van der Waals surface area contributed by atoms with E-state index in [0.717, 1.165) is 80.7 Å². The molecule has 0 bridgehead atoms. The van der Waals surface area contributed by atoms with E-state index >= 15 is 4.57 Å². The van der Waals surface area contributed by atoms with Crippen molar-refractivity contribution in [3.63, 3.8) is 0 Å². The normalized spacial score (nSPS) is 12.1. The summed E-state index contributed by atoms with van der Waals surface area (Å²) in [5, 5.41) is 15.8. The van der Waals surface area contributed by atoms with Gasteiger partial charge in [-0.1, -0.05) is 188 Å². The molecule has 0 heterocycles. The lowest BCUT2D eigenvalue weighted by molar-refractivity contribution is 0.593. The van der Waals surface area contributed by atoms with E-state index in [0.29, 0.717) is 0 Å². The summed E-state index contributed by atoms with van der Waals surface area (Å²) in [7, 11) is -3.65. The van der Waals surface area contributed by atoms with Gasteiger partial charge in [0.15, 0.2) is 7.14 Å². The maximum Gasteiger partial charge on any atom is 0.173 e. The summed E-state index contributed by atoms with van der Waals surface area (Å²) in [6, 6.07) is 66.2. The lowest BCUT2D eigenvalue weighted by atomic mass is 9.86. The highest BCUT2D eigenvalue weighted by atomic mass is 31.2. The predicted octanol–water partition coefficient (Wildman–Crippen LogP) is 11.9. The van der Waals surface area contributed by atoms with Crippen molar-refractivity contribution in [2.24, 2.45) is 0 Å². The number of fused-ring (bicyclic) bond motifs is 9. The minimum atomic E-state index is -3.65. The van der Waals surface area contributed by atoms with Gasteiger partial charge < -0.3 is 4.57 Å². The van der Waals surface area contributed by atoms with Crippen LogP contribution in [0.4, 0.5) is 0 Å². The van der Waals surface area contributed by atoms with Crippen molar-refractivity contribution in [1.82, 2.24) is 0 Å². The molecule has 234 valence electrons. The molecule has 0 unspecified atom stereocenters. The maximum absolute atomic E-state index is 17.5. The molecule has 0 aliphatic carbocycles. The summed E-state index contributed by atoms with van der Waals surface area (Å²) in [6.45, 7) is 0. The van der Waals surface area contributed by atoms with Gasteiger partial charge >= 0.3 is 0 Å². The van der Waals surface area contributed by atoms with Crippen LogP contribution in [0.15, 0.2) is 188 Å². The first-order valence-corrected chi connectivity index (χ1v) is 18.8. The molecule has 10 aromatic rings. The average molecular weight is 655 g/mol. The van der Waals surface area contributed by atoms with Crippen LogP contribution in [-0.4, -0.2) is 0 Å². The second-order valence-electron chi connectivity index (χ2n) is 13.1. The van der Waals surface area contributed by atoms with Crippen LogP contribution in [0.25, 0.3) is 75.8 Å². The molecule has 50 heavy (non-hydrogen) atoms. The monoisotopic (exact) mass is 654 g/mol. The maximum atomic E-state index is 17.5. The smallest absolute Gasteiger partial charge is 0.173 e. The summed E-state index contributed by atoms with van der Waals surface area (Å²) in [6.07, 6.45) is 0. The van der Waals surface area contributed by atoms with Crippen LogP contribution in [0.1, 0.15) is 0 Å². The largest absolute Gasteiger partial charge is 0.309 e. The molecular weight excluding hydrogens is 624 g/mol. The zero-order valence-corrected chi connectivity index (χ0v) is 28.1. The number of benzene rings is 10. The van der Waals surface area contributed by atoms with Gasteiger partial charge in [-0.2, -0.15) is 0 Å². The number of hydrogen-bond acceptors (Lipinski definition) is 1. The Bertz CT molecular complexity index is 2920. The van der Waals surface area contributed by atoms with E-state index in [-0.39, 0.29) is 0 Å². The first-order chi connectivity index (χ1) is 24.7. The fourth-order valence-corrected chi connectivity index (χ4v) is 11.9. The highest BCUT2D eigenvalue weighted by Gasteiger charge is 2.37.